The number of halogens is 5. The molecule has 2 aromatic carbocycles. The maximum atomic E-state index is 12.2. The maximum Gasteiger partial charge on any atom is 0.389 e. The molecule has 0 spiro atoms. The molecule has 0 N–H and O–H groups in total. The standard InChI is InChI=1S/C21H18Cl2F3NO2S/c1-20(14-8-15(22)10-16(23)9-14)11-19(27-29-20)13-2-4-18(5-3-13)30-12-17(28)6-7-21(24,25)26/h2-5,8-10H,6-7,11-12H2,1H3. The van der Waals surface area contributed by atoms with Crippen molar-refractivity contribution < 1.29 is 22.8 Å². The van der Waals surface area contributed by atoms with Crippen molar-refractivity contribution in [2.75, 3.05) is 5.75 Å². The SMILES string of the molecule is CC1(c2cc(Cl)cc(Cl)c2)CC(c2ccc(SCC(=O)CCC(F)(F)F)cc2)=NO1. The number of Topliss-reactive ketones (excluding diaryl/α,β-unsaturated/α-hetero) is 1. The molecule has 9 heteroatoms. The molecule has 1 aliphatic rings. The van der Waals surface area contributed by atoms with Crippen molar-refractivity contribution in [3.05, 3.63) is 63.6 Å². The van der Waals surface area contributed by atoms with Crippen molar-refractivity contribution in [2.45, 2.75) is 42.9 Å². The van der Waals surface area contributed by atoms with E-state index in [2.05, 4.69) is 5.16 Å². The second-order valence-electron chi connectivity index (χ2n) is 7.16. The van der Waals surface area contributed by atoms with E-state index < -0.39 is 30.4 Å². The fourth-order valence-corrected chi connectivity index (χ4v) is 4.30. The van der Waals surface area contributed by atoms with Crippen molar-refractivity contribution in [2.24, 2.45) is 5.16 Å². The van der Waals surface area contributed by atoms with Crippen LogP contribution in [0.15, 0.2) is 52.5 Å². The van der Waals surface area contributed by atoms with Gasteiger partial charge < -0.3 is 4.84 Å². The Morgan fingerprint density at radius 2 is 1.80 bits per heavy atom. The third-order valence-electron chi connectivity index (χ3n) is 4.61. The molecule has 0 saturated carbocycles. The van der Waals surface area contributed by atoms with E-state index >= 15 is 0 Å². The van der Waals surface area contributed by atoms with Crippen LogP contribution in [0.25, 0.3) is 0 Å². The van der Waals surface area contributed by atoms with Gasteiger partial charge in [0, 0.05) is 33.3 Å². The number of hydrogen-bond acceptors (Lipinski definition) is 4. The van der Waals surface area contributed by atoms with E-state index in [0.717, 1.165) is 21.7 Å². The minimum atomic E-state index is -4.31. The lowest BCUT2D eigenvalue weighted by Gasteiger charge is -2.22. The predicted octanol–water partition coefficient (Wildman–Crippen LogP) is 7.04. The summed E-state index contributed by atoms with van der Waals surface area (Å²) in [4.78, 5) is 18.1. The summed E-state index contributed by atoms with van der Waals surface area (Å²) in [6.07, 6.45) is -5.36. The fraction of sp³-hybridized carbons (Fsp3) is 0.333. The number of carbonyl (C=O) groups is 1. The van der Waals surface area contributed by atoms with Crippen molar-refractivity contribution in [1.29, 1.82) is 0 Å². The monoisotopic (exact) mass is 475 g/mol. The van der Waals surface area contributed by atoms with E-state index in [1.54, 1.807) is 18.2 Å². The summed E-state index contributed by atoms with van der Waals surface area (Å²) < 4.78 is 36.5. The Labute approximate surface area is 186 Å². The molecule has 3 rings (SSSR count). The van der Waals surface area contributed by atoms with Crippen LogP contribution in [0.5, 0.6) is 0 Å². The zero-order valence-electron chi connectivity index (χ0n) is 15.9. The molecule has 0 saturated heterocycles. The summed E-state index contributed by atoms with van der Waals surface area (Å²) in [5.41, 5.74) is 1.75. The third kappa shape index (κ3) is 6.15. The van der Waals surface area contributed by atoms with E-state index in [4.69, 9.17) is 28.0 Å². The molecule has 3 nitrogen and oxygen atoms in total. The maximum absolute atomic E-state index is 12.2. The van der Waals surface area contributed by atoms with Crippen LogP contribution in [0.4, 0.5) is 13.2 Å². The first-order valence-electron chi connectivity index (χ1n) is 9.07. The molecule has 1 unspecified atom stereocenters. The molecule has 1 aliphatic heterocycles. The number of ketones is 1. The molecule has 1 heterocycles. The van der Waals surface area contributed by atoms with Crippen molar-refractivity contribution >= 4 is 46.5 Å². The van der Waals surface area contributed by atoms with Crippen molar-refractivity contribution in [1.82, 2.24) is 0 Å². The number of carbonyl (C=O) groups excluding carboxylic acids is 1. The second-order valence-corrected chi connectivity index (χ2v) is 9.08. The topological polar surface area (TPSA) is 38.7 Å². The van der Waals surface area contributed by atoms with Crippen LogP contribution in [0, 0.1) is 0 Å². The Hall–Kier alpha value is -1.70. The average Bonchev–Trinajstić information content (AvgIpc) is 3.07. The summed E-state index contributed by atoms with van der Waals surface area (Å²) in [5.74, 6) is -0.418. The predicted molar refractivity (Wildman–Crippen MR) is 114 cm³/mol. The molecule has 0 fully saturated rings. The third-order valence-corrected chi connectivity index (χ3v) is 6.12. The quantitative estimate of drug-likeness (QED) is 0.403. The number of benzene rings is 2. The fourth-order valence-electron chi connectivity index (χ4n) is 2.97. The number of thioether (sulfide) groups is 1. The molecule has 0 radical (unpaired) electrons. The van der Waals surface area contributed by atoms with Gasteiger partial charge in [-0.3, -0.25) is 4.79 Å². The lowest BCUT2D eigenvalue weighted by molar-refractivity contribution is -0.142. The molecule has 0 bridgehead atoms. The molecule has 1 atom stereocenters. The molecule has 2 aromatic rings. The van der Waals surface area contributed by atoms with Crippen LogP contribution in [0.2, 0.25) is 10.0 Å². The van der Waals surface area contributed by atoms with Crippen LogP contribution < -0.4 is 0 Å². The van der Waals surface area contributed by atoms with E-state index in [0.29, 0.717) is 16.5 Å². The molecule has 0 amide bonds. The zero-order valence-corrected chi connectivity index (χ0v) is 18.3. The average molecular weight is 476 g/mol. The number of nitrogens with zero attached hydrogens (tertiary/aromatic N) is 1. The van der Waals surface area contributed by atoms with Gasteiger partial charge in [0.15, 0.2) is 5.60 Å². The van der Waals surface area contributed by atoms with E-state index in [1.165, 1.54) is 11.8 Å². The second kappa shape index (κ2) is 9.20. The first-order valence-corrected chi connectivity index (χ1v) is 10.8. The number of alkyl halides is 3. The molecular weight excluding hydrogens is 458 g/mol. The molecule has 0 aliphatic carbocycles. The molecular formula is C21H18Cl2F3NO2S. The van der Waals surface area contributed by atoms with Gasteiger partial charge in [-0.05, 0) is 42.8 Å². The largest absolute Gasteiger partial charge is 0.389 e. The normalized spacial score (nSPS) is 18.8. The summed E-state index contributed by atoms with van der Waals surface area (Å²) in [7, 11) is 0. The Kier molecular flexibility index (Phi) is 7.05. The van der Waals surface area contributed by atoms with Crippen LogP contribution >= 0.6 is 35.0 Å². The van der Waals surface area contributed by atoms with Crippen LogP contribution in [-0.4, -0.2) is 23.4 Å². The number of rotatable bonds is 7. The van der Waals surface area contributed by atoms with Gasteiger partial charge in [-0.15, -0.1) is 11.8 Å². The molecule has 30 heavy (non-hydrogen) atoms. The number of oxime groups is 1. The first-order chi connectivity index (χ1) is 14.0. The summed E-state index contributed by atoms with van der Waals surface area (Å²) in [5, 5.41) is 5.24. The zero-order chi connectivity index (χ0) is 21.9. The van der Waals surface area contributed by atoms with Gasteiger partial charge in [0.2, 0.25) is 0 Å². The Bertz CT molecular complexity index is 943. The highest BCUT2D eigenvalue weighted by atomic mass is 35.5. The minimum absolute atomic E-state index is 0.00703. The minimum Gasteiger partial charge on any atom is -0.384 e. The van der Waals surface area contributed by atoms with Crippen molar-refractivity contribution in [3.63, 3.8) is 0 Å². The van der Waals surface area contributed by atoms with Gasteiger partial charge >= 0.3 is 6.18 Å². The Balaban J connectivity index is 1.58. The van der Waals surface area contributed by atoms with Gasteiger partial charge in [0.05, 0.1) is 17.9 Å². The summed E-state index contributed by atoms with van der Waals surface area (Å²) in [6.45, 7) is 1.91. The van der Waals surface area contributed by atoms with Gasteiger partial charge in [-0.2, -0.15) is 13.2 Å². The summed E-state index contributed by atoms with van der Waals surface area (Å²) >= 11 is 13.4. The highest BCUT2D eigenvalue weighted by molar-refractivity contribution is 8.00. The van der Waals surface area contributed by atoms with Crippen LogP contribution in [0.1, 0.15) is 37.3 Å². The van der Waals surface area contributed by atoms with Crippen molar-refractivity contribution in [3.8, 4) is 0 Å². The van der Waals surface area contributed by atoms with Gasteiger partial charge in [-0.1, -0.05) is 40.5 Å². The van der Waals surface area contributed by atoms with E-state index in [-0.39, 0.29) is 5.75 Å². The first kappa shape index (κ1) is 23.0. The highest BCUT2D eigenvalue weighted by Crippen LogP contribution is 2.38. The van der Waals surface area contributed by atoms with Crippen LogP contribution in [0.3, 0.4) is 0 Å². The Morgan fingerprint density at radius 3 is 2.40 bits per heavy atom. The molecule has 160 valence electrons. The van der Waals surface area contributed by atoms with E-state index in [9.17, 15) is 18.0 Å². The van der Waals surface area contributed by atoms with Gasteiger partial charge in [0.25, 0.3) is 0 Å². The lowest BCUT2D eigenvalue weighted by atomic mass is 9.89. The van der Waals surface area contributed by atoms with Gasteiger partial charge in [0.1, 0.15) is 5.78 Å². The lowest BCUT2D eigenvalue weighted by Crippen LogP contribution is -2.22. The Morgan fingerprint density at radius 1 is 1.17 bits per heavy atom. The number of hydrogen-bond donors (Lipinski definition) is 0. The molecule has 0 aromatic heterocycles. The smallest absolute Gasteiger partial charge is 0.384 e. The van der Waals surface area contributed by atoms with Gasteiger partial charge in [-0.25, -0.2) is 0 Å². The van der Waals surface area contributed by atoms with Crippen LogP contribution in [-0.2, 0) is 15.2 Å². The van der Waals surface area contributed by atoms with E-state index in [1.807, 2.05) is 31.2 Å². The highest BCUT2D eigenvalue weighted by Gasteiger charge is 2.37. The summed E-state index contributed by atoms with van der Waals surface area (Å²) in [6, 6.07) is 12.6.